The van der Waals surface area contributed by atoms with Crippen LogP contribution in [0.2, 0.25) is 0 Å². The first-order valence-electron chi connectivity index (χ1n) is 6.13. The number of ether oxygens (including phenoxy) is 2. The molecule has 5 nitrogen and oxygen atoms in total. The molecule has 0 heterocycles. The first-order chi connectivity index (χ1) is 9.22. The summed E-state index contributed by atoms with van der Waals surface area (Å²) in [4.78, 5) is 11.2. The summed E-state index contributed by atoms with van der Waals surface area (Å²) < 4.78 is 11.3. The summed E-state index contributed by atoms with van der Waals surface area (Å²) in [6.07, 6.45) is 0.295. The van der Waals surface area contributed by atoms with Crippen molar-refractivity contribution < 1.29 is 19.4 Å². The first-order valence-corrected chi connectivity index (χ1v) is 6.92. The minimum absolute atomic E-state index is 0.295. The maximum atomic E-state index is 11.2. The van der Waals surface area contributed by atoms with Gasteiger partial charge in [0.05, 0.1) is 24.1 Å². The maximum absolute atomic E-state index is 11.2. The van der Waals surface area contributed by atoms with E-state index in [9.17, 15) is 9.90 Å². The van der Waals surface area contributed by atoms with E-state index in [1.165, 1.54) is 0 Å². The fourth-order valence-corrected chi connectivity index (χ4v) is 2.41. The van der Waals surface area contributed by atoms with E-state index in [-0.39, 0.29) is 0 Å². The number of nitrogens with two attached hydrogens (primary N) is 1. The van der Waals surface area contributed by atoms with Crippen molar-refractivity contribution in [2.45, 2.75) is 26.3 Å². The third-order valence-electron chi connectivity index (χ3n) is 3.21. The van der Waals surface area contributed by atoms with Gasteiger partial charge in [-0.1, -0.05) is 0 Å². The van der Waals surface area contributed by atoms with E-state index in [0.717, 1.165) is 10.0 Å². The van der Waals surface area contributed by atoms with E-state index in [1.54, 1.807) is 40.2 Å². The normalized spacial score (nSPS) is 12.9. The van der Waals surface area contributed by atoms with E-state index in [4.69, 9.17) is 15.2 Å². The van der Waals surface area contributed by atoms with Crippen LogP contribution in [0.5, 0.6) is 11.5 Å². The summed E-state index contributed by atoms with van der Waals surface area (Å²) in [6.45, 7) is 3.30. The molecule has 0 radical (unpaired) electrons. The number of carboxylic acids is 1. The Morgan fingerprint density at radius 1 is 1.35 bits per heavy atom. The molecule has 0 saturated heterocycles. The highest BCUT2D eigenvalue weighted by Gasteiger charge is 2.31. The largest absolute Gasteiger partial charge is 0.496 e. The van der Waals surface area contributed by atoms with Crippen molar-refractivity contribution in [2.24, 2.45) is 11.1 Å². The highest BCUT2D eigenvalue weighted by atomic mass is 79.9. The molecule has 0 aliphatic carbocycles. The van der Waals surface area contributed by atoms with Crippen LogP contribution < -0.4 is 15.2 Å². The Morgan fingerprint density at radius 2 is 1.90 bits per heavy atom. The van der Waals surface area contributed by atoms with Crippen LogP contribution in [0.1, 0.15) is 31.9 Å². The lowest BCUT2D eigenvalue weighted by molar-refractivity contribution is -0.147. The Hall–Kier alpha value is -1.27. The molecule has 3 N–H and O–H groups in total. The van der Waals surface area contributed by atoms with Gasteiger partial charge >= 0.3 is 5.97 Å². The lowest BCUT2D eigenvalue weighted by atomic mass is 9.83. The minimum Gasteiger partial charge on any atom is -0.496 e. The molecule has 20 heavy (non-hydrogen) atoms. The molecule has 0 bridgehead atoms. The van der Waals surface area contributed by atoms with Gasteiger partial charge < -0.3 is 20.3 Å². The average molecular weight is 346 g/mol. The number of carboxylic acid groups (broad SMARTS) is 1. The summed E-state index contributed by atoms with van der Waals surface area (Å²) >= 11 is 3.38. The topological polar surface area (TPSA) is 81.8 Å². The second-order valence-corrected chi connectivity index (χ2v) is 6.08. The van der Waals surface area contributed by atoms with E-state index in [1.807, 2.05) is 0 Å². The fraction of sp³-hybridized carbons (Fsp3) is 0.500. The summed E-state index contributed by atoms with van der Waals surface area (Å²) in [7, 11) is 3.11. The zero-order chi connectivity index (χ0) is 15.5. The van der Waals surface area contributed by atoms with E-state index >= 15 is 0 Å². The zero-order valence-corrected chi connectivity index (χ0v) is 13.7. The van der Waals surface area contributed by atoms with Gasteiger partial charge in [-0.2, -0.15) is 0 Å². The van der Waals surface area contributed by atoms with Crippen molar-refractivity contribution in [3.63, 3.8) is 0 Å². The molecule has 1 rings (SSSR count). The van der Waals surface area contributed by atoms with E-state index in [0.29, 0.717) is 17.9 Å². The Balaban J connectivity index is 3.14. The Morgan fingerprint density at radius 3 is 2.35 bits per heavy atom. The molecule has 6 heteroatoms. The van der Waals surface area contributed by atoms with Gasteiger partial charge in [-0.05, 0) is 48.3 Å². The summed E-state index contributed by atoms with van der Waals surface area (Å²) in [5.41, 5.74) is 5.97. The third-order valence-corrected chi connectivity index (χ3v) is 3.83. The van der Waals surface area contributed by atoms with Crippen molar-refractivity contribution in [2.75, 3.05) is 14.2 Å². The van der Waals surface area contributed by atoms with Crippen molar-refractivity contribution >= 4 is 21.9 Å². The van der Waals surface area contributed by atoms with Crippen LogP contribution >= 0.6 is 15.9 Å². The number of methoxy groups -OCH3 is 2. The van der Waals surface area contributed by atoms with Gasteiger partial charge in [0.1, 0.15) is 11.5 Å². The minimum atomic E-state index is -0.912. The van der Waals surface area contributed by atoms with Crippen LogP contribution in [0, 0.1) is 5.41 Å². The molecule has 1 unspecified atom stereocenters. The number of hydrogen-bond acceptors (Lipinski definition) is 4. The Labute approximate surface area is 127 Å². The molecule has 0 fully saturated rings. The second kappa shape index (κ2) is 6.45. The molecule has 112 valence electrons. The lowest BCUT2D eigenvalue weighted by Gasteiger charge is -2.25. The summed E-state index contributed by atoms with van der Waals surface area (Å²) in [6, 6.07) is 3.07. The molecule has 0 aromatic heterocycles. The van der Waals surface area contributed by atoms with Gasteiger partial charge in [0.2, 0.25) is 0 Å². The Bertz CT molecular complexity index is 502. The monoisotopic (exact) mass is 345 g/mol. The van der Waals surface area contributed by atoms with Crippen molar-refractivity contribution in [3.05, 3.63) is 22.2 Å². The molecule has 0 spiro atoms. The fourth-order valence-electron chi connectivity index (χ4n) is 1.92. The number of aliphatic carboxylic acids is 1. The molecule has 0 saturated carbocycles. The van der Waals surface area contributed by atoms with Gasteiger partial charge in [-0.25, -0.2) is 0 Å². The molecule has 1 aromatic rings. The summed E-state index contributed by atoms with van der Waals surface area (Å²) in [5.74, 6) is 0.353. The molecule has 0 aliphatic rings. The third kappa shape index (κ3) is 3.64. The smallest absolute Gasteiger partial charge is 0.309 e. The lowest BCUT2D eigenvalue weighted by Crippen LogP contribution is -2.29. The van der Waals surface area contributed by atoms with Gasteiger partial charge in [0.25, 0.3) is 0 Å². The standard InChI is InChI=1S/C14H20BrNO4/c1-14(2,13(17)18)7-10(16)8-5-12(20-4)9(15)6-11(8)19-3/h5-6,10H,7,16H2,1-4H3,(H,17,18). The predicted octanol–water partition coefficient (Wildman–Crippen LogP) is 2.97. The van der Waals surface area contributed by atoms with E-state index in [2.05, 4.69) is 15.9 Å². The highest BCUT2D eigenvalue weighted by Crippen LogP contribution is 2.38. The maximum Gasteiger partial charge on any atom is 0.309 e. The van der Waals surface area contributed by atoms with Crippen LogP contribution in [0.15, 0.2) is 16.6 Å². The number of hydrogen-bond donors (Lipinski definition) is 2. The number of rotatable bonds is 6. The van der Waals surface area contributed by atoms with Gasteiger partial charge in [-0.3, -0.25) is 4.79 Å². The van der Waals surface area contributed by atoms with Crippen molar-refractivity contribution in [1.82, 2.24) is 0 Å². The average Bonchev–Trinajstić information content (AvgIpc) is 2.37. The molecule has 1 aromatic carbocycles. The van der Waals surface area contributed by atoms with Gasteiger partial charge in [0.15, 0.2) is 0 Å². The van der Waals surface area contributed by atoms with Gasteiger partial charge in [-0.15, -0.1) is 0 Å². The number of halogens is 1. The van der Waals surface area contributed by atoms with Crippen LogP contribution in [-0.4, -0.2) is 25.3 Å². The molecule has 0 aliphatic heterocycles. The van der Waals surface area contributed by atoms with Gasteiger partial charge in [0, 0.05) is 11.6 Å². The molecule has 0 amide bonds. The van der Waals surface area contributed by atoms with Crippen molar-refractivity contribution in [3.8, 4) is 11.5 Å². The second-order valence-electron chi connectivity index (χ2n) is 5.23. The molecular weight excluding hydrogens is 326 g/mol. The van der Waals surface area contributed by atoms with Crippen LogP contribution in [0.3, 0.4) is 0 Å². The quantitative estimate of drug-likeness (QED) is 0.828. The van der Waals surface area contributed by atoms with Crippen molar-refractivity contribution in [1.29, 1.82) is 0 Å². The first kappa shape index (κ1) is 16.8. The van der Waals surface area contributed by atoms with Crippen LogP contribution in [0.4, 0.5) is 0 Å². The zero-order valence-electron chi connectivity index (χ0n) is 12.1. The highest BCUT2D eigenvalue weighted by molar-refractivity contribution is 9.10. The van der Waals surface area contributed by atoms with E-state index < -0.39 is 17.4 Å². The van der Waals surface area contributed by atoms with Crippen LogP contribution in [0.25, 0.3) is 0 Å². The summed E-state index contributed by atoms with van der Waals surface area (Å²) in [5, 5.41) is 9.19. The molecule has 1 atom stereocenters. The predicted molar refractivity (Wildman–Crippen MR) is 80.2 cm³/mol. The molecular formula is C14H20BrNO4. The SMILES string of the molecule is COc1cc(C(N)CC(C)(C)C(=O)O)c(OC)cc1Br. The number of benzene rings is 1. The Kier molecular flexibility index (Phi) is 5.42. The number of carbonyl (C=O) groups is 1. The van der Waals surface area contributed by atoms with Crippen LogP contribution in [-0.2, 0) is 4.79 Å².